The molecule has 0 aliphatic carbocycles. The minimum atomic E-state index is -0.504. The number of carbonyl (C=O) groups is 1. The number of amides is 1. The van der Waals surface area contributed by atoms with Gasteiger partial charge in [-0.2, -0.15) is 11.8 Å². The normalized spacial score (nSPS) is 16.8. The number of thioether (sulfide) groups is 1. The van der Waals surface area contributed by atoms with Gasteiger partial charge < -0.3 is 4.90 Å². The quantitative estimate of drug-likeness (QED) is 0.616. The summed E-state index contributed by atoms with van der Waals surface area (Å²) < 4.78 is 0. The average molecular weight is 343 g/mol. The Morgan fingerprint density at radius 2 is 2.08 bits per heavy atom. The van der Waals surface area contributed by atoms with Crippen LogP contribution in [0.3, 0.4) is 0 Å². The number of hydrogen-bond donors (Lipinski definition) is 0. The Labute approximate surface area is 144 Å². The molecule has 1 aliphatic heterocycles. The number of pyridine rings is 1. The molecule has 6 nitrogen and oxygen atoms in total. The zero-order valence-electron chi connectivity index (χ0n) is 13.0. The lowest BCUT2D eigenvalue weighted by atomic mass is 10.1. The lowest BCUT2D eigenvalue weighted by Crippen LogP contribution is -2.40. The van der Waals surface area contributed by atoms with E-state index in [2.05, 4.69) is 4.98 Å². The highest BCUT2D eigenvalue weighted by molar-refractivity contribution is 7.99. The van der Waals surface area contributed by atoms with Crippen LogP contribution < -0.4 is 0 Å². The van der Waals surface area contributed by atoms with E-state index in [4.69, 9.17) is 0 Å². The molecule has 1 aliphatic rings. The summed E-state index contributed by atoms with van der Waals surface area (Å²) in [5.41, 5.74) is 0.760. The van der Waals surface area contributed by atoms with Gasteiger partial charge >= 0.3 is 0 Å². The summed E-state index contributed by atoms with van der Waals surface area (Å²) >= 11 is 1.80. The Kier molecular flexibility index (Phi) is 5.10. The third-order valence-electron chi connectivity index (χ3n) is 4.00. The monoisotopic (exact) mass is 343 g/mol. The first-order valence-corrected chi connectivity index (χ1v) is 8.84. The summed E-state index contributed by atoms with van der Waals surface area (Å²) in [4.78, 5) is 29.8. The first-order valence-electron chi connectivity index (χ1n) is 7.69. The van der Waals surface area contributed by atoms with Crippen LogP contribution in [0.2, 0.25) is 0 Å². The molecule has 2 aromatic rings. The number of benzene rings is 1. The smallest absolute Gasteiger partial charge is 0.282 e. The van der Waals surface area contributed by atoms with Crippen molar-refractivity contribution in [3.63, 3.8) is 0 Å². The highest BCUT2D eigenvalue weighted by Gasteiger charge is 2.31. The van der Waals surface area contributed by atoms with Crippen LogP contribution >= 0.6 is 11.8 Å². The molecule has 0 spiro atoms. The van der Waals surface area contributed by atoms with Gasteiger partial charge in [-0.15, -0.1) is 0 Å². The number of nitro benzene ring substituents is 1. The summed E-state index contributed by atoms with van der Waals surface area (Å²) in [6.45, 7) is 0.358. The second kappa shape index (κ2) is 7.44. The van der Waals surface area contributed by atoms with E-state index in [1.54, 1.807) is 35.0 Å². The van der Waals surface area contributed by atoms with Crippen molar-refractivity contribution in [1.29, 1.82) is 0 Å². The molecule has 1 fully saturated rings. The van der Waals surface area contributed by atoms with Gasteiger partial charge in [0.05, 0.1) is 17.2 Å². The summed E-state index contributed by atoms with van der Waals surface area (Å²) in [7, 11) is 0. The van der Waals surface area contributed by atoms with Crippen LogP contribution in [-0.2, 0) is 6.54 Å². The molecule has 3 rings (SSSR count). The van der Waals surface area contributed by atoms with E-state index in [0.717, 1.165) is 23.6 Å². The molecule has 0 bridgehead atoms. The molecule has 1 saturated heterocycles. The topological polar surface area (TPSA) is 76.3 Å². The van der Waals surface area contributed by atoms with E-state index < -0.39 is 4.92 Å². The maximum atomic E-state index is 13.0. The van der Waals surface area contributed by atoms with Crippen molar-refractivity contribution in [1.82, 2.24) is 9.88 Å². The molecule has 1 aromatic heterocycles. The Morgan fingerprint density at radius 1 is 1.29 bits per heavy atom. The number of hydrogen-bond acceptors (Lipinski definition) is 5. The fourth-order valence-corrected chi connectivity index (χ4v) is 3.99. The Morgan fingerprint density at radius 3 is 2.75 bits per heavy atom. The molecular formula is C17H17N3O3S. The van der Waals surface area contributed by atoms with Crippen LogP contribution in [0.1, 0.15) is 22.5 Å². The molecule has 0 saturated carbocycles. The maximum Gasteiger partial charge on any atom is 0.282 e. The number of nitro groups is 1. The minimum absolute atomic E-state index is 0.0734. The molecule has 1 atom stereocenters. The van der Waals surface area contributed by atoms with Crippen molar-refractivity contribution in [2.75, 3.05) is 11.5 Å². The Balaban J connectivity index is 1.93. The van der Waals surface area contributed by atoms with Crippen molar-refractivity contribution in [2.45, 2.75) is 19.0 Å². The van der Waals surface area contributed by atoms with Crippen LogP contribution in [-0.4, -0.2) is 38.3 Å². The lowest BCUT2D eigenvalue weighted by Gasteiger charge is -2.28. The van der Waals surface area contributed by atoms with Crippen molar-refractivity contribution in [2.24, 2.45) is 0 Å². The number of para-hydroxylation sites is 1. The van der Waals surface area contributed by atoms with Gasteiger partial charge in [0, 0.05) is 24.1 Å². The largest absolute Gasteiger partial charge is 0.329 e. The van der Waals surface area contributed by atoms with Crippen LogP contribution in [0, 0.1) is 10.1 Å². The average Bonchev–Trinajstić information content (AvgIpc) is 3.14. The van der Waals surface area contributed by atoms with Crippen molar-refractivity contribution in [3.05, 3.63) is 70.0 Å². The van der Waals surface area contributed by atoms with Crippen LogP contribution in [0.25, 0.3) is 0 Å². The molecule has 1 amide bonds. The zero-order valence-corrected chi connectivity index (χ0v) is 13.8. The maximum absolute atomic E-state index is 13.0. The third kappa shape index (κ3) is 3.56. The lowest BCUT2D eigenvalue weighted by molar-refractivity contribution is -0.385. The molecule has 124 valence electrons. The third-order valence-corrected chi connectivity index (χ3v) is 5.14. The molecule has 7 heteroatoms. The predicted molar refractivity (Wildman–Crippen MR) is 92.9 cm³/mol. The summed E-state index contributed by atoms with van der Waals surface area (Å²) in [6, 6.07) is 11.8. The number of aromatic nitrogens is 1. The van der Waals surface area contributed by atoms with Gasteiger partial charge in [0.15, 0.2) is 0 Å². The molecule has 0 N–H and O–H groups in total. The summed E-state index contributed by atoms with van der Waals surface area (Å²) in [6.07, 6.45) is 2.58. The van der Waals surface area contributed by atoms with Crippen LogP contribution in [0.4, 0.5) is 5.69 Å². The van der Waals surface area contributed by atoms with E-state index in [1.807, 2.05) is 18.2 Å². The van der Waals surface area contributed by atoms with E-state index in [0.29, 0.717) is 6.54 Å². The Hall–Kier alpha value is -2.41. The SMILES string of the molecule is O=C(c1ccccc1[N+](=O)[O-])N(Cc1ccccn1)[C@@H]1CCSC1. The van der Waals surface area contributed by atoms with E-state index in [9.17, 15) is 14.9 Å². The van der Waals surface area contributed by atoms with Crippen molar-refractivity contribution < 1.29 is 9.72 Å². The van der Waals surface area contributed by atoms with Gasteiger partial charge in [-0.05, 0) is 30.4 Å². The fourth-order valence-electron chi connectivity index (χ4n) is 2.77. The summed E-state index contributed by atoms with van der Waals surface area (Å²) in [5, 5.41) is 11.2. The van der Waals surface area contributed by atoms with E-state index in [1.165, 1.54) is 12.1 Å². The van der Waals surface area contributed by atoms with Gasteiger partial charge in [0.2, 0.25) is 0 Å². The highest BCUT2D eigenvalue weighted by Crippen LogP contribution is 2.27. The fraction of sp³-hybridized carbons (Fsp3) is 0.294. The van der Waals surface area contributed by atoms with Crippen LogP contribution in [0.5, 0.6) is 0 Å². The molecule has 1 aromatic carbocycles. The van der Waals surface area contributed by atoms with Crippen molar-refractivity contribution >= 4 is 23.4 Å². The van der Waals surface area contributed by atoms with Gasteiger partial charge in [-0.3, -0.25) is 19.9 Å². The van der Waals surface area contributed by atoms with Gasteiger partial charge in [-0.25, -0.2) is 0 Å². The number of rotatable bonds is 5. The van der Waals surface area contributed by atoms with Gasteiger partial charge in [0.1, 0.15) is 5.56 Å². The van der Waals surface area contributed by atoms with Gasteiger partial charge in [0.25, 0.3) is 11.6 Å². The van der Waals surface area contributed by atoms with Crippen molar-refractivity contribution in [3.8, 4) is 0 Å². The second-order valence-electron chi connectivity index (χ2n) is 5.55. The highest BCUT2D eigenvalue weighted by atomic mass is 32.2. The molecule has 0 radical (unpaired) electrons. The molecule has 0 unspecified atom stereocenters. The minimum Gasteiger partial charge on any atom is -0.329 e. The first kappa shape index (κ1) is 16.4. The standard InChI is InChI=1S/C17H17N3O3S/c21-17(15-6-1-2-7-16(15)20(22)23)19(14-8-10-24-12-14)11-13-5-3-4-9-18-13/h1-7,9,14H,8,10-12H2/t14-/m1/s1. The van der Waals surface area contributed by atoms with Crippen LogP contribution in [0.15, 0.2) is 48.7 Å². The van der Waals surface area contributed by atoms with Gasteiger partial charge in [-0.1, -0.05) is 18.2 Å². The number of nitrogens with zero attached hydrogens (tertiary/aromatic N) is 3. The molecule has 24 heavy (non-hydrogen) atoms. The predicted octanol–water partition coefficient (Wildman–Crippen LogP) is 3.14. The first-order chi connectivity index (χ1) is 11.7. The second-order valence-corrected chi connectivity index (χ2v) is 6.70. The number of carbonyl (C=O) groups excluding carboxylic acids is 1. The molecular weight excluding hydrogens is 326 g/mol. The molecule has 2 heterocycles. The van der Waals surface area contributed by atoms with E-state index in [-0.39, 0.29) is 23.2 Å². The Bertz CT molecular complexity index is 733. The zero-order chi connectivity index (χ0) is 16.9. The van der Waals surface area contributed by atoms with E-state index >= 15 is 0 Å². The summed E-state index contributed by atoms with van der Waals surface area (Å²) in [5.74, 6) is 1.53.